The lowest BCUT2D eigenvalue weighted by molar-refractivity contribution is 0.0700. The number of carbonyl (C=O) groups is 1. The number of aromatic nitrogens is 3. The van der Waals surface area contributed by atoms with E-state index in [2.05, 4.69) is 39.2 Å². The Morgan fingerprint density at radius 1 is 1.16 bits per heavy atom. The summed E-state index contributed by atoms with van der Waals surface area (Å²) in [5.74, 6) is 0.507. The Kier molecular flexibility index (Phi) is 9.30. The number of halogens is 2. The molecule has 0 radical (unpaired) electrons. The van der Waals surface area contributed by atoms with Crippen molar-refractivity contribution in [2.75, 3.05) is 19.7 Å². The molecule has 7 nitrogen and oxygen atoms in total. The number of nitrogens with zero attached hydrogens (tertiary/aromatic N) is 3. The molecule has 0 spiro atoms. The zero-order chi connectivity index (χ0) is 20.1. The van der Waals surface area contributed by atoms with Gasteiger partial charge in [0.2, 0.25) is 0 Å². The first-order valence-corrected chi connectivity index (χ1v) is 9.89. The predicted octanol–water partition coefficient (Wildman–Crippen LogP) is 3.36. The molecule has 0 saturated heterocycles. The topological polar surface area (TPSA) is 97.1 Å². The lowest BCUT2D eigenvalue weighted by Crippen LogP contribution is -2.39. The molecule has 2 aromatic heterocycles. The van der Waals surface area contributed by atoms with Gasteiger partial charge < -0.3 is 20.4 Å². The minimum atomic E-state index is -0.136. The van der Waals surface area contributed by atoms with Crippen LogP contribution < -0.4 is 10.5 Å². The highest BCUT2D eigenvalue weighted by Gasteiger charge is 2.32. The molecular formula is C22H27Cl2N5O2. The first-order chi connectivity index (χ1) is 14.3. The van der Waals surface area contributed by atoms with Gasteiger partial charge in [0.1, 0.15) is 6.61 Å². The van der Waals surface area contributed by atoms with Crippen molar-refractivity contribution in [1.82, 2.24) is 19.9 Å². The van der Waals surface area contributed by atoms with Crippen LogP contribution in [0.3, 0.4) is 0 Å². The van der Waals surface area contributed by atoms with Crippen molar-refractivity contribution in [3.8, 4) is 5.75 Å². The predicted molar refractivity (Wildman–Crippen MR) is 124 cm³/mol. The van der Waals surface area contributed by atoms with Crippen molar-refractivity contribution in [2.45, 2.75) is 25.3 Å². The number of nitrogens with two attached hydrogens (primary N) is 1. The summed E-state index contributed by atoms with van der Waals surface area (Å²) in [6.45, 7) is 1.82. The maximum Gasteiger partial charge on any atom is 0.276 e. The smallest absolute Gasteiger partial charge is 0.276 e. The SMILES string of the molecule is Cl.Cl.NCCOc1cccnc1C(=O)N1Cc2[nH]cnc2C(CCc2ccccc2)C1. The second-order valence-corrected chi connectivity index (χ2v) is 7.16. The van der Waals surface area contributed by atoms with Gasteiger partial charge in [-0.1, -0.05) is 30.3 Å². The summed E-state index contributed by atoms with van der Waals surface area (Å²) in [6.07, 6.45) is 5.18. The molecule has 166 valence electrons. The van der Waals surface area contributed by atoms with Gasteiger partial charge in [0.15, 0.2) is 11.4 Å². The number of aryl methyl sites for hydroxylation is 1. The average molecular weight is 464 g/mol. The van der Waals surface area contributed by atoms with Crippen LogP contribution in [0.5, 0.6) is 5.75 Å². The zero-order valence-electron chi connectivity index (χ0n) is 17.1. The quantitative estimate of drug-likeness (QED) is 0.559. The number of ether oxygens (including phenoxy) is 1. The van der Waals surface area contributed by atoms with E-state index in [1.165, 1.54) is 5.56 Å². The van der Waals surface area contributed by atoms with Gasteiger partial charge in [0.05, 0.1) is 24.3 Å². The van der Waals surface area contributed by atoms with Gasteiger partial charge in [0.25, 0.3) is 5.91 Å². The number of hydrogen-bond acceptors (Lipinski definition) is 5. The molecule has 3 aromatic rings. The highest BCUT2D eigenvalue weighted by molar-refractivity contribution is 5.95. The van der Waals surface area contributed by atoms with Crippen molar-refractivity contribution in [3.63, 3.8) is 0 Å². The van der Waals surface area contributed by atoms with Crippen LogP contribution in [0.1, 0.15) is 39.8 Å². The van der Waals surface area contributed by atoms with E-state index in [-0.39, 0.29) is 36.6 Å². The third kappa shape index (κ3) is 5.76. The lowest BCUT2D eigenvalue weighted by Gasteiger charge is -2.32. The number of fused-ring (bicyclic) bond motifs is 1. The first kappa shape index (κ1) is 24.7. The van der Waals surface area contributed by atoms with E-state index < -0.39 is 0 Å². The van der Waals surface area contributed by atoms with Gasteiger partial charge in [0, 0.05) is 25.2 Å². The largest absolute Gasteiger partial charge is 0.490 e. The number of imidazole rings is 1. The number of carbonyl (C=O) groups excluding carboxylic acids is 1. The number of nitrogens with one attached hydrogen (secondary N) is 1. The third-order valence-electron chi connectivity index (χ3n) is 5.19. The second kappa shape index (κ2) is 11.7. The number of benzene rings is 1. The molecule has 1 amide bonds. The van der Waals surface area contributed by atoms with Gasteiger partial charge in [-0.25, -0.2) is 9.97 Å². The van der Waals surface area contributed by atoms with Crippen LogP contribution in [0, 0.1) is 0 Å². The summed E-state index contributed by atoms with van der Waals surface area (Å²) in [7, 11) is 0. The molecule has 0 fully saturated rings. The number of H-pyrrole nitrogens is 1. The van der Waals surface area contributed by atoms with Gasteiger partial charge in [-0.3, -0.25) is 4.79 Å². The maximum atomic E-state index is 13.3. The minimum Gasteiger partial charge on any atom is -0.490 e. The maximum absolute atomic E-state index is 13.3. The van der Waals surface area contributed by atoms with Crippen LogP contribution in [0.15, 0.2) is 55.0 Å². The lowest BCUT2D eigenvalue weighted by atomic mass is 9.91. The molecule has 1 unspecified atom stereocenters. The highest BCUT2D eigenvalue weighted by atomic mass is 35.5. The second-order valence-electron chi connectivity index (χ2n) is 7.16. The van der Waals surface area contributed by atoms with Crippen LogP contribution in [0.25, 0.3) is 0 Å². The fourth-order valence-electron chi connectivity index (χ4n) is 3.77. The number of aromatic amines is 1. The molecule has 1 aromatic carbocycles. The summed E-state index contributed by atoms with van der Waals surface area (Å²) < 4.78 is 5.63. The van der Waals surface area contributed by atoms with Gasteiger partial charge in [-0.2, -0.15) is 0 Å². The van der Waals surface area contributed by atoms with Crippen molar-refractivity contribution in [1.29, 1.82) is 0 Å². The highest BCUT2D eigenvalue weighted by Crippen LogP contribution is 2.31. The van der Waals surface area contributed by atoms with Crippen molar-refractivity contribution in [3.05, 3.63) is 77.6 Å². The van der Waals surface area contributed by atoms with Crippen LogP contribution in [-0.2, 0) is 13.0 Å². The van der Waals surface area contributed by atoms with E-state index in [0.717, 1.165) is 24.2 Å². The van der Waals surface area contributed by atoms with Crippen LogP contribution >= 0.6 is 24.8 Å². The number of pyridine rings is 1. The molecule has 1 aliphatic heterocycles. The Morgan fingerprint density at radius 3 is 2.74 bits per heavy atom. The van der Waals surface area contributed by atoms with Crippen LogP contribution in [-0.4, -0.2) is 45.5 Å². The Bertz CT molecular complexity index is 967. The molecule has 0 saturated carbocycles. The number of hydrogen-bond donors (Lipinski definition) is 2. The van der Waals surface area contributed by atoms with E-state index in [1.807, 2.05) is 11.0 Å². The molecule has 0 aliphatic carbocycles. The summed E-state index contributed by atoms with van der Waals surface area (Å²) in [4.78, 5) is 27.1. The molecule has 3 N–H and O–H groups in total. The van der Waals surface area contributed by atoms with Gasteiger partial charge in [-0.15, -0.1) is 24.8 Å². The first-order valence-electron chi connectivity index (χ1n) is 9.89. The summed E-state index contributed by atoms with van der Waals surface area (Å²) in [5.41, 5.74) is 9.20. The molecule has 1 aliphatic rings. The van der Waals surface area contributed by atoms with Crippen molar-refractivity contribution >= 4 is 30.7 Å². The fourth-order valence-corrected chi connectivity index (χ4v) is 3.77. The molecule has 0 bridgehead atoms. The Morgan fingerprint density at radius 2 is 1.97 bits per heavy atom. The van der Waals surface area contributed by atoms with Crippen molar-refractivity contribution in [2.24, 2.45) is 5.73 Å². The standard InChI is InChI=1S/C22H25N5O2.2ClH/c23-10-12-29-19-7-4-11-24-21(19)22(28)27-13-17(20-18(14-27)25-15-26-20)9-8-16-5-2-1-3-6-16;;/h1-7,11,15,17H,8-10,12-14,23H2,(H,25,26);2*1H. The van der Waals surface area contributed by atoms with E-state index >= 15 is 0 Å². The molecule has 31 heavy (non-hydrogen) atoms. The molecular weight excluding hydrogens is 437 g/mol. The zero-order valence-corrected chi connectivity index (χ0v) is 18.7. The monoisotopic (exact) mass is 463 g/mol. The molecule has 1 atom stereocenters. The van der Waals surface area contributed by atoms with E-state index in [4.69, 9.17) is 10.5 Å². The minimum absolute atomic E-state index is 0. The van der Waals surface area contributed by atoms with Crippen LogP contribution in [0.2, 0.25) is 0 Å². The van der Waals surface area contributed by atoms with Gasteiger partial charge in [-0.05, 0) is 30.5 Å². The average Bonchev–Trinajstić information content (AvgIpc) is 3.25. The van der Waals surface area contributed by atoms with E-state index in [9.17, 15) is 4.79 Å². The Balaban J connectivity index is 0.00000171. The molecule has 9 heteroatoms. The Labute approximate surface area is 194 Å². The molecule has 3 heterocycles. The van der Waals surface area contributed by atoms with Crippen molar-refractivity contribution < 1.29 is 9.53 Å². The summed E-state index contributed by atoms with van der Waals surface area (Å²) in [6, 6.07) is 13.9. The summed E-state index contributed by atoms with van der Waals surface area (Å²) >= 11 is 0. The summed E-state index contributed by atoms with van der Waals surface area (Å²) in [5, 5.41) is 0. The Hall–Kier alpha value is -2.61. The third-order valence-corrected chi connectivity index (χ3v) is 5.19. The van der Waals surface area contributed by atoms with Crippen LogP contribution in [0.4, 0.5) is 0 Å². The molecule has 4 rings (SSSR count). The van der Waals surface area contributed by atoms with Gasteiger partial charge >= 0.3 is 0 Å². The number of rotatable bonds is 7. The van der Waals surface area contributed by atoms with E-state index in [0.29, 0.717) is 37.7 Å². The van der Waals surface area contributed by atoms with E-state index in [1.54, 1.807) is 24.7 Å². The fraction of sp³-hybridized carbons (Fsp3) is 0.318. The number of amides is 1. The normalized spacial score (nSPS) is 14.7.